The zero-order valence-electron chi connectivity index (χ0n) is 15.8. The van der Waals surface area contributed by atoms with Gasteiger partial charge in [-0.3, -0.25) is 14.6 Å². The molecule has 0 atom stereocenters. The number of fused-ring (bicyclic) bond motifs is 1. The van der Waals surface area contributed by atoms with Crippen molar-refractivity contribution in [2.45, 2.75) is 13.5 Å². The molecule has 0 fully saturated rings. The van der Waals surface area contributed by atoms with Crippen LogP contribution in [0.15, 0.2) is 60.8 Å². The summed E-state index contributed by atoms with van der Waals surface area (Å²) >= 11 is 0. The molecule has 29 heavy (non-hydrogen) atoms. The van der Waals surface area contributed by atoms with Crippen LogP contribution in [0.4, 0.5) is 5.69 Å². The maximum absolute atomic E-state index is 12.5. The first-order valence-electron chi connectivity index (χ1n) is 9.09. The van der Waals surface area contributed by atoms with Crippen molar-refractivity contribution in [2.24, 2.45) is 0 Å². The lowest BCUT2D eigenvalue weighted by molar-refractivity contribution is 0.0950. The molecule has 0 bridgehead atoms. The van der Waals surface area contributed by atoms with E-state index in [0.29, 0.717) is 29.3 Å². The van der Waals surface area contributed by atoms with Crippen molar-refractivity contribution >= 4 is 17.5 Å². The summed E-state index contributed by atoms with van der Waals surface area (Å²) < 4.78 is 10.6. The number of ether oxygens (including phenoxy) is 2. The first kappa shape index (κ1) is 18.5. The van der Waals surface area contributed by atoms with Gasteiger partial charge < -0.3 is 20.1 Å². The number of aryl methyl sites for hydroxylation is 1. The van der Waals surface area contributed by atoms with Crippen molar-refractivity contribution in [1.29, 1.82) is 0 Å². The first-order chi connectivity index (χ1) is 14.1. The van der Waals surface area contributed by atoms with E-state index in [1.807, 2.05) is 43.3 Å². The number of rotatable bonds is 5. The highest BCUT2D eigenvalue weighted by atomic mass is 16.7. The van der Waals surface area contributed by atoms with Crippen molar-refractivity contribution in [3.63, 3.8) is 0 Å². The van der Waals surface area contributed by atoms with E-state index in [2.05, 4.69) is 15.6 Å². The summed E-state index contributed by atoms with van der Waals surface area (Å²) in [5.74, 6) is 0.685. The molecule has 0 spiro atoms. The zero-order valence-corrected chi connectivity index (χ0v) is 15.8. The third-order valence-electron chi connectivity index (χ3n) is 4.42. The Morgan fingerprint density at radius 1 is 1.00 bits per heavy atom. The lowest BCUT2D eigenvalue weighted by Gasteiger charge is -2.08. The third-order valence-corrected chi connectivity index (χ3v) is 4.42. The number of aromatic nitrogens is 1. The van der Waals surface area contributed by atoms with E-state index in [4.69, 9.17) is 9.47 Å². The van der Waals surface area contributed by atoms with Crippen LogP contribution in [0.2, 0.25) is 0 Å². The van der Waals surface area contributed by atoms with Crippen molar-refractivity contribution in [1.82, 2.24) is 10.3 Å². The molecule has 1 aliphatic rings. The normalized spacial score (nSPS) is 11.8. The molecule has 4 rings (SSSR count). The van der Waals surface area contributed by atoms with Gasteiger partial charge in [-0.2, -0.15) is 0 Å². The molecule has 3 aromatic rings. The summed E-state index contributed by atoms with van der Waals surface area (Å²) in [6, 6.07) is 16.0. The van der Waals surface area contributed by atoms with Gasteiger partial charge in [0.05, 0.1) is 0 Å². The molecule has 0 aliphatic carbocycles. The number of hydrogen-bond acceptors (Lipinski definition) is 5. The Morgan fingerprint density at radius 3 is 2.72 bits per heavy atom. The fraction of sp³-hybridized carbons (Fsp3) is 0.136. The van der Waals surface area contributed by atoms with E-state index in [0.717, 1.165) is 11.1 Å². The van der Waals surface area contributed by atoms with Crippen LogP contribution >= 0.6 is 0 Å². The van der Waals surface area contributed by atoms with Crippen LogP contribution in [-0.2, 0) is 6.54 Å². The number of benzene rings is 2. The van der Waals surface area contributed by atoms with Gasteiger partial charge in [-0.25, -0.2) is 0 Å². The number of pyridine rings is 1. The molecule has 0 saturated carbocycles. The molecular weight excluding hydrogens is 370 g/mol. The number of hydrogen-bond donors (Lipinski definition) is 2. The molecular formula is C22H19N3O4. The van der Waals surface area contributed by atoms with Crippen LogP contribution < -0.4 is 20.1 Å². The van der Waals surface area contributed by atoms with E-state index >= 15 is 0 Å². The summed E-state index contributed by atoms with van der Waals surface area (Å²) in [5.41, 5.74) is 3.12. The zero-order chi connectivity index (χ0) is 20.2. The maximum atomic E-state index is 12.5. The van der Waals surface area contributed by atoms with E-state index < -0.39 is 0 Å². The van der Waals surface area contributed by atoms with Crippen LogP contribution in [-0.4, -0.2) is 23.6 Å². The lowest BCUT2D eigenvalue weighted by Crippen LogP contribution is -2.23. The molecule has 2 amide bonds. The predicted molar refractivity (Wildman–Crippen MR) is 107 cm³/mol. The van der Waals surface area contributed by atoms with Gasteiger partial charge in [0.15, 0.2) is 11.5 Å². The Morgan fingerprint density at radius 2 is 1.86 bits per heavy atom. The summed E-state index contributed by atoms with van der Waals surface area (Å²) in [6.45, 7) is 2.47. The SMILES string of the molecule is Cc1cccc(NC(=O)c2cc(C(=O)NCc3ccc4c(c3)OCO4)ccn2)c1. The second-order valence-corrected chi connectivity index (χ2v) is 6.62. The maximum Gasteiger partial charge on any atom is 0.274 e. The van der Waals surface area contributed by atoms with Gasteiger partial charge in [-0.05, 0) is 54.4 Å². The van der Waals surface area contributed by atoms with Gasteiger partial charge in [0.25, 0.3) is 11.8 Å². The first-order valence-corrected chi connectivity index (χ1v) is 9.09. The number of carbonyl (C=O) groups excluding carboxylic acids is 2. The van der Waals surface area contributed by atoms with Crippen LogP contribution in [0, 0.1) is 6.92 Å². The van der Waals surface area contributed by atoms with Crippen LogP contribution in [0.25, 0.3) is 0 Å². The molecule has 2 aromatic carbocycles. The smallest absolute Gasteiger partial charge is 0.274 e. The lowest BCUT2D eigenvalue weighted by atomic mass is 10.1. The standard InChI is InChI=1S/C22H19N3O4/c1-14-3-2-4-17(9-14)25-22(27)18-11-16(7-8-23-18)21(26)24-12-15-5-6-19-20(10-15)29-13-28-19/h2-11H,12-13H2,1H3,(H,24,26)(H,25,27). The number of anilines is 1. The molecule has 0 unspecified atom stereocenters. The van der Waals surface area contributed by atoms with Crippen LogP contribution in [0.3, 0.4) is 0 Å². The highest BCUT2D eigenvalue weighted by Crippen LogP contribution is 2.32. The topological polar surface area (TPSA) is 89.6 Å². The number of nitrogens with one attached hydrogen (secondary N) is 2. The average Bonchev–Trinajstić information content (AvgIpc) is 3.20. The predicted octanol–water partition coefficient (Wildman–Crippen LogP) is 3.30. The molecule has 1 aliphatic heterocycles. The fourth-order valence-electron chi connectivity index (χ4n) is 2.95. The van der Waals surface area contributed by atoms with E-state index in [-0.39, 0.29) is 24.3 Å². The van der Waals surface area contributed by atoms with Gasteiger partial charge in [0, 0.05) is 24.0 Å². The van der Waals surface area contributed by atoms with Gasteiger partial charge >= 0.3 is 0 Å². The minimum absolute atomic E-state index is 0.169. The molecule has 0 saturated heterocycles. The second kappa shape index (κ2) is 8.02. The molecule has 146 valence electrons. The second-order valence-electron chi connectivity index (χ2n) is 6.62. The van der Waals surface area contributed by atoms with Crippen molar-refractivity contribution in [3.05, 3.63) is 83.2 Å². The Labute approximate surface area is 167 Å². The molecule has 7 nitrogen and oxygen atoms in total. The summed E-state index contributed by atoms with van der Waals surface area (Å²) in [4.78, 5) is 29.0. The van der Waals surface area contributed by atoms with E-state index in [1.54, 1.807) is 12.1 Å². The molecule has 7 heteroatoms. The van der Waals surface area contributed by atoms with Gasteiger partial charge in [-0.15, -0.1) is 0 Å². The van der Waals surface area contributed by atoms with Crippen LogP contribution in [0.1, 0.15) is 32.0 Å². The summed E-state index contributed by atoms with van der Waals surface area (Å²) in [6.07, 6.45) is 1.45. The van der Waals surface area contributed by atoms with E-state index in [1.165, 1.54) is 12.3 Å². The van der Waals surface area contributed by atoms with E-state index in [9.17, 15) is 9.59 Å². The van der Waals surface area contributed by atoms with Gasteiger partial charge in [0.1, 0.15) is 5.69 Å². The highest BCUT2D eigenvalue weighted by molar-refractivity contribution is 6.04. The third kappa shape index (κ3) is 4.35. The molecule has 2 N–H and O–H groups in total. The molecule has 1 aromatic heterocycles. The minimum atomic E-state index is -0.374. The average molecular weight is 389 g/mol. The highest BCUT2D eigenvalue weighted by Gasteiger charge is 2.15. The number of amides is 2. The monoisotopic (exact) mass is 389 g/mol. The fourth-order valence-corrected chi connectivity index (χ4v) is 2.95. The molecule has 2 heterocycles. The molecule has 0 radical (unpaired) electrons. The van der Waals surface area contributed by atoms with Gasteiger partial charge in [-0.1, -0.05) is 18.2 Å². The Balaban J connectivity index is 1.41. The number of carbonyl (C=O) groups is 2. The Kier molecular flexibility index (Phi) is 5.11. The largest absolute Gasteiger partial charge is 0.454 e. The van der Waals surface area contributed by atoms with Crippen LogP contribution in [0.5, 0.6) is 11.5 Å². The van der Waals surface area contributed by atoms with Crippen molar-refractivity contribution in [2.75, 3.05) is 12.1 Å². The quantitative estimate of drug-likeness (QED) is 0.699. The summed E-state index contributed by atoms with van der Waals surface area (Å²) in [7, 11) is 0. The number of nitrogens with zero attached hydrogens (tertiary/aromatic N) is 1. The minimum Gasteiger partial charge on any atom is -0.454 e. The van der Waals surface area contributed by atoms with Gasteiger partial charge in [0.2, 0.25) is 6.79 Å². The van der Waals surface area contributed by atoms with Crippen molar-refractivity contribution in [3.8, 4) is 11.5 Å². The Hall–Kier alpha value is -3.87. The van der Waals surface area contributed by atoms with Crippen molar-refractivity contribution < 1.29 is 19.1 Å². The Bertz CT molecular complexity index is 1080. The summed E-state index contributed by atoms with van der Waals surface area (Å²) in [5, 5.41) is 5.62.